The summed E-state index contributed by atoms with van der Waals surface area (Å²) >= 11 is 0. The van der Waals surface area contributed by atoms with Gasteiger partial charge in [-0.05, 0) is 37.9 Å². The van der Waals surface area contributed by atoms with Crippen molar-refractivity contribution in [3.8, 4) is 0 Å². The van der Waals surface area contributed by atoms with Crippen LogP contribution in [0.1, 0.15) is 79.6 Å². The molecule has 2 atom stereocenters. The van der Waals surface area contributed by atoms with Crippen molar-refractivity contribution < 1.29 is 14.2 Å². The van der Waals surface area contributed by atoms with Gasteiger partial charge in [-0.2, -0.15) is 0 Å². The molecule has 0 saturated carbocycles. The van der Waals surface area contributed by atoms with E-state index in [1.165, 1.54) is 32.1 Å². The number of hydrogen-bond acceptors (Lipinski definition) is 3. The first-order valence-electron chi connectivity index (χ1n) is 9.51. The van der Waals surface area contributed by atoms with Crippen LogP contribution in [0.5, 0.6) is 0 Å². The predicted molar refractivity (Wildman–Crippen MR) is 95.5 cm³/mol. The van der Waals surface area contributed by atoms with Gasteiger partial charge in [-0.3, -0.25) is 4.58 Å². The van der Waals surface area contributed by atoms with Crippen LogP contribution in [0, 0.1) is 0 Å². The van der Waals surface area contributed by atoms with Crippen molar-refractivity contribution in [3.05, 3.63) is 0 Å². The highest BCUT2D eigenvalue weighted by Gasteiger charge is 2.38. The molecule has 132 valence electrons. The molecule has 0 aliphatic carbocycles. The van der Waals surface area contributed by atoms with Crippen molar-refractivity contribution in [1.82, 2.24) is 0 Å². The highest BCUT2D eigenvalue weighted by molar-refractivity contribution is 6.73. The number of unbranched alkanes of at least 4 members (excludes halogenated alkanes) is 3. The monoisotopic (exact) mass is 330 g/mol. The van der Waals surface area contributed by atoms with Crippen LogP contribution >= 0.6 is 0 Å². The third-order valence-electron chi connectivity index (χ3n) is 5.36. The van der Waals surface area contributed by atoms with Gasteiger partial charge in [-0.25, -0.2) is 4.89 Å². The highest BCUT2D eigenvalue weighted by Crippen LogP contribution is 2.33. The summed E-state index contributed by atoms with van der Waals surface area (Å²) in [6.07, 6.45) is 8.70. The van der Waals surface area contributed by atoms with Gasteiger partial charge in [0.1, 0.15) is 5.60 Å². The average molecular weight is 331 g/mol. The molecule has 4 heteroatoms. The Kier molecular flexibility index (Phi) is 9.21. The molecule has 22 heavy (non-hydrogen) atoms. The van der Waals surface area contributed by atoms with Crippen LogP contribution in [0.2, 0.25) is 18.1 Å². The van der Waals surface area contributed by atoms with E-state index in [2.05, 4.69) is 34.6 Å². The molecular formula is C18H38O3Si. The summed E-state index contributed by atoms with van der Waals surface area (Å²) in [5, 5.41) is 0. The van der Waals surface area contributed by atoms with Crippen LogP contribution in [-0.2, 0) is 14.2 Å². The fraction of sp³-hybridized carbons (Fsp3) is 1.00. The summed E-state index contributed by atoms with van der Waals surface area (Å²) in [4.78, 5) is 6.14. The fourth-order valence-corrected chi connectivity index (χ4v) is 5.38. The zero-order chi connectivity index (χ0) is 16.5. The molecule has 1 heterocycles. The van der Waals surface area contributed by atoms with Gasteiger partial charge in [-0.1, -0.05) is 53.4 Å². The quantitative estimate of drug-likeness (QED) is 0.183. The summed E-state index contributed by atoms with van der Waals surface area (Å²) in [7, 11) is -1.69. The first kappa shape index (κ1) is 20.1. The van der Waals surface area contributed by atoms with E-state index < -0.39 is 8.32 Å². The summed E-state index contributed by atoms with van der Waals surface area (Å²) in [6, 6.07) is 3.39. The maximum atomic E-state index is 6.15. The molecule has 1 rings (SSSR count). The highest BCUT2D eigenvalue weighted by atomic mass is 28.4. The molecule has 2 unspecified atom stereocenters. The SMILES string of the molecule is CCCCCCC(C)(CC1CCO1)OO[Si](CC)(CC)CC. The third kappa shape index (κ3) is 6.30. The van der Waals surface area contributed by atoms with Crippen LogP contribution < -0.4 is 0 Å². The maximum absolute atomic E-state index is 6.15. The molecule has 0 amide bonds. The minimum absolute atomic E-state index is 0.184. The molecule has 0 aromatic carbocycles. The number of rotatable bonds is 13. The van der Waals surface area contributed by atoms with Gasteiger partial charge in [0.25, 0.3) is 0 Å². The first-order valence-corrected chi connectivity index (χ1v) is 12.0. The summed E-state index contributed by atoms with van der Waals surface area (Å²) in [6.45, 7) is 12.1. The molecule has 0 aromatic rings. The largest absolute Gasteiger partial charge is 0.378 e. The van der Waals surface area contributed by atoms with Gasteiger partial charge in [0.2, 0.25) is 8.32 Å². The van der Waals surface area contributed by atoms with Gasteiger partial charge in [0.15, 0.2) is 0 Å². The maximum Gasteiger partial charge on any atom is 0.238 e. The minimum atomic E-state index is -1.69. The second-order valence-corrected chi connectivity index (χ2v) is 11.8. The zero-order valence-electron chi connectivity index (χ0n) is 15.6. The normalized spacial score (nSPS) is 21.4. The Labute approximate surface area is 139 Å². The van der Waals surface area contributed by atoms with Crippen LogP contribution in [0.3, 0.4) is 0 Å². The first-order chi connectivity index (χ1) is 10.5. The molecule has 1 aliphatic heterocycles. The smallest absolute Gasteiger partial charge is 0.238 e. The van der Waals surface area contributed by atoms with E-state index in [0.29, 0.717) is 6.10 Å². The molecule has 0 bridgehead atoms. The lowest BCUT2D eigenvalue weighted by Gasteiger charge is -2.39. The predicted octanol–water partition coefficient (Wildman–Crippen LogP) is 5.85. The van der Waals surface area contributed by atoms with E-state index >= 15 is 0 Å². The van der Waals surface area contributed by atoms with Crippen molar-refractivity contribution in [2.75, 3.05) is 6.61 Å². The van der Waals surface area contributed by atoms with E-state index in [0.717, 1.165) is 37.6 Å². The lowest BCUT2D eigenvalue weighted by Crippen LogP contribution is -2.44. The van der Waals surface area contributed by atoms with Crippen LogP contribution in [0.15, 0.2) is 0 Å². The summed E-state index contributed by atoms with van der Waals surface area (Å²) in [5.74, 6) is 0. The van der Waals surface area contributed by atoms with Crippen LogP contribution in [-0.4, -0.2) is 26.6 Å². The second kappa shape index (κ2) is 10.1. The Balaban J connectivity index is 2.55. The van der Waals surface area contributed by atoms with Crippen molar-refractivity contribution in [3.63, 3.8) is 0 Å². The van der Waals surface area contributed by atoms with Crippen molar-refractivity contribution in [1.29, 1.82) is 0 Å². The van der Waals surface area contributed by atoms with Gasteiger partial charge >= 0.3 is 0 Å². The zero-order valence-corrected chi connectivity index (χ0v) is 16.6. The van der Waals surface area contributed by atoms with E-state index in [9.17, 15) is 0 Å². The number of hydrogen-bond donors (Lipinski definition) is 0. The lowest BCUT2D eigenvalue weighted by atomic mass is 9.89. The molecule has 0 spiro atoms. The molecular weight excluding hydrogens is 292 g/mol. The Morgan fingerprint density at radius 3 is 2.14 bits per heavy atom. The van der Waals surface area contributed by atoms with Gasteiger partial charge in [0.05, 0.1) is 6.10 Å². The van der Waals surface area contributed by atoms with Crippen LogP contribution in [0.4, 0.5) is 0 Å². The fourth-order valence-electron chi connectivity index (χ4n) is 3.15. The van der Waals surface area contributed by atoms with Gasteiger partial charge in [0, 0.05) is 13.0 Å². The summed E-state index contributed by atoms with van der Waals surface area (Å²) < 4.78 is 11.8. The van der Waals surface area contributed by atoms with E-state index in [1.54, 1.807) is 0 Å². The third-order valence-corrected chi connectivity index (χ3v) is 9.67. The Bertz CT molecular complexity index is 282. The second-order valence-electron chi connectivity index (χ2n) is 7.16. The van der Waals surface area contributed by atoms with E-state index in [-0.39, 0.29) is 5.60 Å². The molecule has 1 aliphatic rings. The average Bonchev–Trinajstić information content (AvgIpc) is 2.50. The molecule has 1 fully saturated rings. The van der Waals surface area contributed by atoms with E-state index in [4.69, 9.17) is 14.2 Å². The molecule has 1 saturated heterocycles. The van der Waals surface area contributed by atoms with Gasteiger partial charge in [-0.15, -0.1) is 0 Å². The Morgan fingerprint density at radius 2 is 1.68 bits per heavy atom. The molecule has 0 N–H and O–H groups in total. The van der Waals surface area contributed by atoms with Crippen molar-refractivity contribution in [2.24, 2.45) is 0 Å². The summed E-state index contributed by atoms with van der Waals surface area (Å²) in [5.41, 5.74) is -0.184. The van der Waals surface area contributed by atoms with E-state index in [1.807, 2.05) is 0 Å². The van der Waals surface area contributed by atoms with Gasteiger partial charge < -0.3 is 4.74 Å². The number of ether oxygens (including phenoxy) is 1. The molecule has 0 aromatic heterocycles. The van der Waals surface area contributed by atoms with Crippen molar-refractivity contribution >= 4 is 8.32 Å². The minimum Gasteiger partial charge on any atom is -0.378 e. The van der Waals surface area contributed by atoms with Crippen LogP contribution in [0.25, 0.3) is 0 Å². The molecule has 3 nitrogen and oxygen atoms in total. The molecule has 0 radical (unpaired) electrons. The van der Waals surface area contributed by atoms with Crippen molar-refractivity contribution in [2.45, 2.75) is 109 Å². The standard InChI is InChI=1S/C18H38O3Si/c1-6-10-11-12-14-18(5,16-17-13-15-19-17)20-21-22(7-2,8-3)9-4/h17H,6-16H2,1-5H3. The lowest BCUT2D eigenvalue weighted by molar-refractivity contribution is -0.310. The Morgan fingerprint density at radius 1 is 1.05 bits per heavy atom. The topological polar surface area (TPSA) is 27.7 Å². The Hall–Kier alpha value is 0.0969.